The number of hydrazine groups is 1. The van der Waals surface area contributed by atoms with E-state index >= 15 is 0 Å². The number of carbonyl (C=O) groups is 5. The average Bonchev–Trinajstić information content (AvgIpc) is 2.90. The Hall–Kier alpha value is -4.61. The Kier molecular flexibility index (Phi) is 12.8. The fourth-order valence-corrected chi connectivity index (χ4v) is 3.62. The van der Waals surface area contributed by atoms with Crippen molar-refractivity contribution in [3.63, 3.8) is 0 Å². The van der Waals surface area contributed by atoms with Crippen molar-refractivity contribution in [2.45, 2.75) is 51.4 Å². The molecule has 0 aromatic heterocycles. The van der Waals surface area contributed by atoms with Crippen LogP contribution in [0.2, 0.25) is 0 Å². The molecule has 39 heavy (non-hydrogen) atoms. The minimum atomic E-state index is -1.46. The number of anilines is 2. The predicted octanol–water partition coefficient (Wildman–Crippen LogP) is 4.03. The zero-order chi connectivity index (χ0) is 28.6. The molecule has 2 aromatic rings. The SMILES string of the molecule is COC(=O)CCCCC(=O)Nc1ccc(CCCC(=O)Nc2ccc(CCN(NC(=O)O)C(=O)O)cc2)cc1. The summed E-state index contributed by atoms with van der Waals surface area (Å²) in [5.74, 6) is -0.535. The maximum Gasteiger partial charge on any atom is 0.426 e. The van der Waals surface area contributed by atoms with E-state index in [4.69, 9.17) is 10.2 Å². The molecule has 0 fully saturated rings. The van der Waals surface area contributed by atoms with Crippen LogP contribution in [0.1, 0.15) is 49.7 Å². The Morgan fingerprint density at radius 1 is 0.718 bits per heavy atom. The van der Waals surface area contributed by atoms with E-state index in [0.29, 0.717) is 67.8 Å². The first-order chi connectivity index (χ1) is 18.7. The summed E-state index contributed by atoms with van der Waals surface area (Å²) < 4.78 is 4.57. The van der Waals surface area contributed by atoms with E-state index in [1.54, 1.807) is 29.7 Å². The first-order valence-electron chi connectivity index (χ1n) is 12.5. The highest BCUT2D eigenvalue weighted by Crippen LogP contribution is 2.15. The number of benzene rings is 2. The molecule has 0 saturated carbocycles. The van der Waals surface area contributed by atoms with Gasteiger partial charge in [0.1, 0.15) is 0 Å². The standard InChI is InChI=1S/C27H34N4O8/c1-39-25(34)8-3-2-6-23(32)28-21-13-9-19(10-14-21)5-4-7-24(33)29-22-15-11-20(12-16-22)17-18-31(27(37)38)30-26(35)36/h9-16,30H,2-8,17-18H2,1H3,(H,28,32)(H,29,33)(H,35,36)(H,37,38). The lowest BCUT2D eigenvalue weighted by Gasteiger charge is -2.17. The van der Waals surface area contributed by atoms with Gasteiger partial charge in [0.25, 0.3) is 0 Å². The molecule has 0 bridgehead atoms. The van der Waals surface area contributed by atoms with Crippen molar-refractivity contribution >= 4 is 41.3 Å². The smallest absolute Gasteiger partial charge is 0.426 e. The minimum Gasteiger partial charge on any atom is -0.469 e. The second-order valence-electron chi connectivity index (χ2n) is 8.73. The molecule has 2 rings (SSSR count). The van der Waals surface area contributed by atoms with Crippen LogP contribution < -0.4 is 16.1 Å². The number of carboxylic acid groups (broad SMARTS) is 2. The van der Waals surface area contributed by atoms with Crippen LogP contribution in [0.4, 0.5) is 21.0 Å². The van der Waals surface area contributed by atoms with Gasteiger partial charge >= 0.3 is 18.2 Å². The van der Waals surface area contributed by atoms with Gasteiger partial charge in [-0.2, -0.15) is 0 Å². The number of ether oxygens (including phenoxy) is 1. The Morgan fingerprint density at radius 2 is 1.21 bits per heavy atom. The van der Waals surface area contributed by atoms with Gasteiger partial charge < -0.3 is 25.6 Å². The van der Waals surface area contributed by atoms with Crippen LogP contribution in [0.25, 0.3) is 0 Å². The van der Waals surface area contributed by atoms with E-state index in [2.05, 4.69) is 15.4 Å². The van der Waals surface area contributed by atoms with E-state index in [-0.39, 0.29) is 24.3 Å². The third-order valence-corrected chi connectivity index (χ3v) is 5.69. The lowest BCUT2D eigenvalue weighted by molar-refractivity contribution is -0.140. The molecule has 0 spiro atoms. The van der Waals surface area contributed by atoms with Gasteiger partial charge in [-0.15, -0.1) is 0 Å². The topological polar surface area (TPSA) is 174 Å². The van der Waals surface area contributed by atoms with Crippen molar-refractivity contribution in [3.8, 4) is 0 Å². The van der Waals surface area contributed by atoms with Gasteiger partial charge in [-0.25, -0.2) is 20.0 Å². The monoisotopic (exact) mass is 542 g/mol. The van der Waals surface area contributed by atoms with Gasteiger partial charge in [-0.3, -0.25) is 14.4 Å². The van der Waals surface area contributed by atoms with E-state index in [1.165, 1.54) is 7.11 Å². The number of esters is 1. The Bertz CT molecular complexity index is 1120. The van der Waals surface area contributed by atoms with Crippen molar-refractivity contribution in [1.29, 1.82) is 0 Å². The number of unbranched alkanes of at least 4 members (excludes halogenated alkanes) is 1. The molecule has 0 aliphatic carbocycles. The summed E-state index contributed by atoms with van der Waals surface area (Å²) in [6.45, 7) is -0.0564. The normalized spacial score (nSPS) is 10.3. The first-order valence-corrected chi connectivity index (χ1v) is 12.5. The summed E-state index contributed by atoms with van der Waals surface area (Å²) in [4.78, 5) is 57.1. The number of amides is 4. The van der Waals surface area contributed by atoms with Gasteiger partial charge in [0.2, 0.25) is 11.8 Å². The molecular weight excluding hydrogens is 508 g/mol. The van der Waals surface area contributed by atoms with E-state index in [9.17, 15) is 24.0 Å². The van der Waals surface area contributed by atoms with Crippen molar-refractivity contribution in [3.05, 3.63) is 59.7 Å². The summed E-state index contributed by atoms with van der Waals surface area (Å²) in [6.07, 6.45) is 0.902. The number of aryl methyl sites for hydroxylation is 1. The average molecular weight is 543 g/mol. The van der Waals surface area contributed by atoms with Crippen LogP contribution in [0.3, 0.4) is 0 Å². The van der Waals surface area contributed by atoms with Crippen LogP contribution >= 0.6 is 0 Å². The Labute approximate surface area is 226 Å². The third kappa shape index (κ3) is 12.5. The fraction of sp³-hybridized carbons (Fsp3) is 0.370. The number of hydrogen-bond acceptors (Lipinski definition) is 6. The van der Waals surface area contributed by atoms with Crippen LogP contribution in [0.5, 0.6) is 0 Å². The highest BCUT2D eigenvalue weighted by atomic mass is 16.5. The van der Waals surface area contributed by atoms with Crippen LogP contribution in [-0.2, 0) is 32.0 Å². The second kappa shape index (κ2) is 16.3. The molecule has 0 aliphatic heterocycles. The number of nitrogens with one attached hydrogen (secondary N) is 3. The quantitative estimate of drug-likeness (QED) is 0.135. The van der Waals surface area contributed by atoms with Gasteiger partial charge in [0, 0.05) is 30.6 Å². The Balaban J connectivity index is 1.67. The molecule has 4 amide bonds. The summed E-state index contributed by atoms with van der Waals surface area (Å²) in [7, 11) is 1.34. The third-order valence-electron chi connectivity index (χ3n) is 5.69. The number of hydrogen-bond donors (Lipinski definition) is 5. The number of nitrogens with zero attached hydrogens (tertiary/aromatic N) is 1. The first kappa shape index (κ1) is 30.6. The molecule has 0 unspecified atom stereocenters. The molecule has 0 saturated heterocycles. The van der Waals surface area contributed by atoms with Crippen LogP contribution in [0.15, 0.2) is 48.5 Å². The van der Waals surface area contributed by atoms with Crippen LogP contribution in [-0.4, -0.2) is 58.8 Å². The summed E-state index contributed by atoms with van der Waals surface area (Å²) in [5.41, 5.74) is 4.92. The molecule has 0 atom stereocenters. The summed E-state index contributed by atoms with van der Waals surface area (Å²) in [5, 5.41) is 23.9. The van der Waals surface area contributed by atoms with Crippen molar-refractivity contribution < 1.29 is 38.9 Å². The van der Waals surface area contributed by atoms with Gasteiger partial charge in [0.05, 0.1) is 13.7 Å². The zero-order valence-electron chi connectivity index (χ0n) is 21.8. The van der Waals surface area contributed by atoms with Crippen molar-refractivity contribution in [2.24, 2.45) is 0 Å². The summed E-state index contributed by atoms with van der Waals surface area (Å²) in [6, 6.07) is 14.3. The molecule has 12 heteroatoms. The van der Waals surface area contributed by atoms with Gasteiger partial charge in [0.15, 0.2) is 0 Å². The lowest BCUT2D eigenvalue weighted by atomic mass is 10.1. The highest BCUT2D eigenvalue weighted by Gasteiger charge is 2.14. The zero-order valence-corrected chi connectivity index (χ0v) is 21.8. The number of rotatable bonds is 14. The maximum atomic E-state index is 12.3. The number of methoxy groups -OCH3 is 1. The second-order valence-corrected chi connectivity index (χ2v) is 8.73. The molecule has 0 radical (unpaired) electrons. The van der Waals surface area contributed by atoms with Gasteiger partial charge in [-0.1, -0.05) is 24.3 Å². The van der Waals surface area contributed by atoms with Crippen LogP contribution in [0, 0.1) is 0 Å². The molecule has 12 nitrogen and oxygen atoms in total. The lowest BCUT2D eigenvalue weighted by Crippen LogP contribution is -2.45. The fourth-order valence-electron chi connectivity index (χ4n) is 3.62. The predicted molar refractivity (Wildman–Crippen MR) is 143 cm³/mol. The molecule has 0 heterocycles. The Morgan fingerprint density at radius 3 is 1.69 bits per heavy atom. The molecule has 0 aliphatic rings. The molecule has 210 valence electrons. The summed E-state index contributed by atoms with van der Waals surface area (Å²) >= 11 is 0. The van der Waals surface area contributed by atoms with E-state index in [1.807, 2.05) is 24.3 Å². The van der Waals surface area contributed by atoms with Gasteiger partial charge in [-0.05, 0) is 67.5 Å². The maximum absolute atomic E-state index is 12.3. The van der Waals surface area contributed by atoms with Crippen molar-refractivity contribution in [1.82, 2.24) is 10.4 Å². The van der Waals surface area contributed by atoms with E-state index in [0.717, 1.165) is 11.1 Å². The molecule has 2 aromatic carbocycles. The minimum absolute atomic E-state index is 0.0564. The highest BCUT2D eigenvalue weighted by molar-refractivity contribution is 5.91. The largest absolute Gasteiger partial charge is 0.469 e. The van der Waals surface area contributed by atoms with Crippen molar-refractivity contribution in [2.75, 3.05) is 24.3 Å². The molecule has 5 N–H and O–H groups in total. The van der Waals surface area contributed by atoms with E-state index < -0.39 is 12.2 Å². The molecular formula is C27H34N4O8. The number of carbonyl (C=O) groups excluding carboxylic acids is 3.